The Morgan fingerprint density at radius 2 is 1.91 bits per heavy atom. The Bertz CT molecular complexity index is 689. The van der Waals surface area contributed by atoms with E-state index < -0.39 is 12.0 Å². The van der Waals surface area contributed by atoms with Crippen molar-refractivity contribution in [2.75, 3.05) is 11.9 Å². The van der Waals surface area contributed by atoms with Gasteiger partial charge in [-0.15, -0.1) is 0 Å². The summed E-state index contributed by atoms with van der Waals surface area (Å²) in [6, 6.07) is 6.36. The first-order chi connectivity index (χ1) is 10.4. The summed E-state index contributed by atoms with van der Waals surface area (Å²) in [5.74, 6) is -0.308. The number of benzene rings is 1. The molecular weight excluding hydrogens is 349 g/mol. The monoisotopic (exact) mass is 359 g/mol. The second kappa shape index (κ2) is 7.15. The Labute approximate surface area is 142 Å². The number of nitrogens with one attached hydrogen (secondary N) is 1. The van der Waals surface area contributed by atoms with E-state index in [9.17, 15) is 9.90 Å². The van der Waals surface area contributed by atoms with Crippen LogP contribution in [0.1, 0.15) is 22.0 Å². The largest absolute Gasteiger partial charge is 0.386 e. The number of nitrogens with zero attached hydrogens (tertiary/aromatic N) is 1. The SMILES string of the molecule is NC(=O)c1cnc(NCC(O)c2c(Cl)cccc2Cl)c(Cl)c1. The van der Waals surface area contributed by atoms with Gasteiger partial charge in [0, 0.05) is 28.4 Å². The van der Waals surface area contributed by atoms with Crippen LogP contribution >= 0.6 is 34.8 Å². The number of primary amides is 1. The number of hydrogen-bond donors (Lipinski definition) is 3. The molecule has 0 saturated carbocycles. The molecule has 0 aliphatic rings. The third-order valence-corrected chi connectivity index (χ3v) is 3.87. The molecule has 1 amide bonds. The lowest BCUT2D eigenvalue weighted by atomic mass is 10.1. The van der Waals surface area contributed by atoms with Gasteiger partial charge in [-0.25, -0.2) is 4.98 Å². The van der Waals surface area contributed by atoms with Crippen LogP contribution in [0.15, 0.2) is 30.5 Å². The van der Waals surface area contributed by atoms with Gasteiger partial charge in [0.05, 0.1) is 16.7 Å². The van der Waals surface area contributed by atoms with Gasteiger partial charge in [-0.05, 0) is 18.2 Å². The fraction of sp³-hybridized carbons (Fsp3) is 0.143. The minimum atomic E-state index is -0.949. The summed E-state index contributed by atoms with van der Waals surface area (Å²) in [4.78, 5) is 15.0. The first-order valence-corrected chi connectivity index (χ1v) is 7.34. The minimum Gasteiger partial charge on any atom is -0.386 e. The summed E-state index contributed by atoms with van der Waals surface area (Å²) >= 11 is 18.1. The van der Waals surface area contributed by atoms with Gasteiger partial charge in [0.2, 0.25) is 5.91 Å². The highest BCUT2D eigenvalue weighted by atomic mass is 35.5. The third-order valence-electron chi connectivity index (χ3n) is 2.92. The van der Waals surface area contributed by atoms with E-state index in [2.05, 4.69) is 10.3 Å². The number of rotatable bonds is 5. The van der Waals surface area contributed by atoms with Crippen LogP contribution in [0.5, 0.6) is 0 Å². The molecule has 1 unspecified atom stereocenters. The number of carbonyl (C=O) groups is 1. The molecule has 1 heterocycles. The van der Waals surface area contributed by atoms with Crippen LogP contribution in [0, 0.1) is 0 Å². The standard InChI is InChI=1S/C14H12Cl3N3O2/c15-8-2-1-3-9(16)12(8)11(21)6-20-14-10(17)4-7(5-19-14)13(18)22/h1-5,11,21H,6H2,(H2,18,22)(H,19,20). The zero-order chi connectivity index (χ0) is 16.3. The van der Waals surface area contributed by atoms with Crippen molar-refractivity contribution in [1.29, 1.82) is 0 Å². The second-order valence-electron chi connectivity index (χ2n) is 4.45. The summed E-state index contributed by atoms with van der Waals surface area (Å²) in [5, 5.41) is 14.0. The van der Waals surface area contributed by atoms with Gasteiger partial charge in [-0.3, -0.25) is 4.79 Å². The average Bonchev–Trinajstić information content (AvgIpc) is 2.45. The number of anilines is 1. The number of nitrogens with two attached hydrogens (primary N) is 1. The molecule has 4 N–H and O–H groups in total. The normalized spacial score (nSPS) is 12.0. The molecule has 1 aromatic heterocycles. The lowest BCUT2D eigenvalue weighted by molar-refractivity contribution is 0.1000. The van der Waals surface area contributed by atoms with E-state index in [4.69, 9.17) is 40.5 Å². The molecule has 1 atom stereocenters. The van der Waals surface area contributed by atoms with Crippen LogP contribution < -0.4 is 11.1 Å². The molecule has 0 saturated heterocycles. The molecular formula is C14H12Cl3N3O2. The highest BCUT2D eigenvalue weighted by Crippen LogP contribution is 2.30. The Kier molecular flexibility index (Phi) is 5.47. The van der Waals surface area contributed by atoms with Gasteiger partial charge in [-0.2, -0.15) is 0 Å². The van der Waals surface area contributed by atoms with E-state index in [0.29, 0.717) is 21.4 Å². The van der Waals surface area contributed by atoms with E-state index in [1.165, 1.54) is 12.3 Å². The molecule has 0 aliphatic carbocycles. The Hall–Kier alpha value is -1.53. The molecule has 1 aromatic carbocycles. The van der Waals surface area contributed by atoms with Crippen molar-refractivity contribution in [3.63, 3.8) is 0 Å². The predicted molar refractivity (Wildman–Crippen MR) is 87.7 cm³/mol. The molecule has 0 spiro atoms. The van der Waals surface area contributed by atoms with E-state index in [1.54, 1.807) is 18.2 Å². The zero-order valence-electron chi connectivity index (χ0n) is 11.2. The molecule has 2 aromatic rings. The van der Waals surface area contributed by atoms with E-state index in [0.717, 1.165) is 0 Å². The Morgan fingerprint density at radius 1 is 1.27 bits per heavy atom. The minimum absolute atomic E-state index is 0.0894. The molecule has 22 heavy (non-hydrogen) atoms. The predicted octanol–water partition coefficient (Wildman–Crippen LogP) is 3.29. The first-order valence-electron chi connectivity index (χ1n) is 6.21. The molecule has 0 radical (unpaired) electrons. The molecule has 0 bridgehead atoms. The summed E-state index contributed by atoms with van der Waals surface area (Å²) in [6.45, 7) is 0.0894. The number of aromatic nitrogens is 1. The number of aliphatic hydroxyl groups excluding tert-OH is 1. The molecule has 5 nitrogen and oxygen atoms in total. The lowest BCUT2D eigenvalue weighted by Crippen LogP contribution is -2.15. The molecule has 116 valence electrons. The maximum Gasteiger partial charge on any atom is 0.250 e. The fourth-order valence-corrected chi connectivity index (χ4v) is 2.71. The van der Waals surface area contributed by atoms with Gasteiger partial charge in [-0.1, -0.05) is 40.9 Å². The number of hydrogen-bond acceptors (Lipinski definition) is 4. The highest BCUT2D eigenvalue weighted by molar-refractivity contribution is 6.36. The van der Waals surface area contributed by atoms with Crippen LogP contribution in [0.25, 0.3) is 0 Å². The smallest absolute Gasteiger partial charge is 0.250 e. The van der Waals surface area contributed by atoms with Gasteiger partial charge in [0.15, 0.2) is 0 Å². The van der Waals surface area contributed by atoms with Crippen LogP contribution in [0.4, 0.5) is 5.82 Å². The van der Waals surface area contributed by atoms with Crippen LogP contribution in [0.2, 0.25) is 15.1 Å². The van der Waals surface area contributed by atoms with Gasteiger partial charge in [0.1, 0.15) is 5.82 Å². The number of pyridine rings is 1. The summed E-state index contributed by atoms with van der Waals surface area (Å²) in [6.07, 6.45) is 0.348. The molecule has 0 fully saturated rings. The number of carbonyl (C=O) groups excluding carboxylic acids is 1. The molecule has 0 aliphatic heterocycles. The van der Waals surface area contributed by atoms with Crippen molar-refractivity contribution >= 4 is 46.5 Å². The quantitative estimate of drug-likeness (QED) is 0.763. The van der Waals surface area contributed by atoms with Crippen molar-refractivity contribution in [2.24, 2.45) is 5.73 Å². The highest BCUT2D eigenvalue weighted by Gasteiger charge is 2.16. The van der Waals surface area contributed by atoms with E-state index >= 15 is 0 Å². The number of aliphatic hydroxyl groups is 1. The van der Waals surface area contributed by atoms with Gasteiger partial charge < -0.3 is 16.2 Å². The van der Waals surface area contributed by atoms with Crippen molar-refractivity contribution in [1.82, 2.24) is 4.98 Å². The van der Waals surface area contributed by atoms with Crippen molar-refractivity contribution in [2.45, 2.75) is 6.10 Å². The molecule has 2 rings (SSSR count). The molecule has 8 heteroatoms. The second-order valence-corrected chi connectivity index (χ2v) is 5.67. The van der Waals surface area contributed by atoms with Crippen molar-refractivity contribution in [3.8, 4) is 0 Å². The topological polar surface area (TPSA) is 88.2 Å². The van der Waals surface area contributed by atoms with Gasteiger partial charge in [0.25, 0.3) is 0 Å². The van der Waals surface area contributed by atoms with E-state index in [-0.39, 0.29) is 17.1 Å². The van der Waals surface area contributed by atoms with Crippen LogP contribution in [-0.2, 0) is 0 Å². The van der Waals surface area contributed by atoms with Crippen LogP contribution in [0.3, 0.4) is 0 Å². The summed E-state index contributed by atoms with van der Waals surface area (Å²) in [7, 11) is 0. The van der Waals surface area contributed by atoms with Crippen molar-refractivity contribution < 1.29 is 9.90 Å². The lowest BCUT2D eigenvalue weighted by Gasteiger charge is -2.16. The third kappa shape index (κ3) is 3.81. The van der Waals surface area contributed by atoms with E-state index in [1.807, 2.05) is 0 Å². The Morgan fingerprint density at radius 3 is 2.45 bits per heavy atom. The number of amides is 1. The first kappa shape index (κ1) is 16.8. The summed E-state index contributed by atoms with van der Waals surface area (Å²) in [5.41, 5.74) is 5.76. The van der Waals surface area contributed by atoms with Gasteiger partial charge >= 0.3 is 0 Å². The Balaban J connectivity index is 2.11. The van der Waals surface area contributed by atoms with Crippen molar-refractivity contribution in [3.05, 3.63) is 56.7 Å². The fourth-order valence-electron chi connectivity index (χ4n) is 1.83. The summed E-state index contributed by atoms with van der Waals surface area (Å²) < 4.78 is 0. The average molecular weight is 361 g/mol. The maximum atomic E-state index is 11.0. The number of halogens is 3. The zero-order valence-corrected chi connectivity index (χ0v) is 13.5. The maximum absolute atomic E-state index is 11.0. The van der Waals surface area contributed by atoms with Crippen LogP contribution in [-0.4, -0.2) is 22.5 Å².